The summed E-state index contributed by atoms with van der Waals surface area (Å²) in [4.78, 5) is 33.2. The number of benzene rings is 1. The Balaban J connectivity index is 2.75. The van der Waals surface area contributed by atoms with Crippen molar-refractivity contribution in [2.75, 3.05) is 6.61 Å². The van der Waals surface area contributed by atoms with Crippen molar-refractivity contribution < 1.29 is 24.2 Å². The molecule has 21 heavy (non-hydrogen) atoms. The molecule has 110 valence electrons. The molecule has 1 aromatic rings. The number of aliphatic carboxylic acids is 1. The summed E-state index contributed by atoms with van der Waals surface area (Å²) in [5, 5.41) is 20.3. The molecule has 0 aliphatic carbocycles. The monoisotopic (exact) mass is 290 g/mol. The minimum atomic E-state index is -1.24. The van der Waals surface area contributed by atoms with E-state index in [0.717, 1.165) is 6.92 Å². The molecular formula is C14H14N2O5. The van der Waals surface area contributed by atoms with Crippen molar-refractivity contribution >= 4 is 17.8 Å². The molecule has 0 aliphatic rings. The van der Waals surface area contributed by atoms with Crippen LogP contribution >= 0.6 is 0 Å². The minimum Gasteiger partial charge on any atom is -0.480 e. The quantitative estimate of drug-likeness (QED) is 0.724. The van der Waals surface area contributed by atoms with E-state index in [9.17, 15) is 14.4 Å². The summed E-state index contributed by atoms with van der Waals surface area (Å²) in [5.41, 5.74) is 0.859. The third-order valence-corrected chi connectivity index (χ3v) is 2.60. The van der Waals surface area contributed by atoms with Crippen LogP contribution in [0.4, 0.5) is 0 Å². The number of carboxylic acids is 1. The van der Waals surface area contributed by atoms with E-state index in [-0.39, 0.29) is 6.42 Å². The Kier molecular flexibility index (Phi) is 5.89. The van der Waals surface area contributed by atoms with Gasteiger partial charge in [0.25, 0.3) is 5.91 Å². The summed E-state index contributed by atoms with van der Waals surface area (Å²) in [6.45, 7) is 0.601. The van der Waals surface area contributed by atoms with Crippen LogP contribution in [0.1, 0.15) is 18.1 Å². The lowest BCUT2D eigenvalue weighted by molar-refractivity contribution is -0.148. The van der Waals surface area contributed by atoms with Crippen molar-refractivity contribution in [2.24, 2.45) is 0 Å². The smallest absolute Gasteiger partial charge is 0.326 e. The molecule has 1 rings (SSSR count). The highest BCUT2D eigenvalue weighted by atomic mass is 16.5. The highest BCUT2D eigenvalue weighted by Gasteiger charge is 2.21. The fourth-order valence-corrected chi connectivity index (χ4v) is 1.63. The molecule has 0 saturated carbocycles. The number of carbonyl (C=O) groups is 3. The third kappa shape index (κ3) is 5.32. The van der Waals surface area contributed by atoms with E-state index in [1.807, 2.05) is 6.07 Å². The molecule has 0 unspecified atom stereocenters. The van der Waals surface area contributed by atoms with Gasteiger partial charge in [-0.05, 0) is 11.6 Å². The first kappa shape index (κ1) is 16.2. The van der Waals surface area contributed by atoms with Crippen LogP contribution in [-0.4, -0.2) is 35.6 Å². The number of rotatable bonds is 6. The van der Waals surface area contributed by atoms with Gasteiger partial charge < -0.3 is 15.2 Å². The highest BCUT2D eigenvalue weighted by Crippen LogP contribution is 2.10. The van der Waals surface area contributed by atoms with Gasteiger partial charge >= 0.3 is 11.9 Å². The molecular weight excluding hydrogens is 276 g/mol. The molecule has 0 heterocycles. The number of carboxylic acid groups (broad SMARTS) is 1. The van der Waals surface area contributed by atoms with Crippen molar-refractivity contribution in [3.8, 4) is 6.07 Å². The second-order valence-electron chi connectivity index (χ2n) is 4.21. The number of nitriles is 1. The maximum Gasteiger partial charge on any atom is 0.326 e. The van der Waals surface area contributed by atoms with Gasteiger partial charge in [-0.15, -0.1) is 0 Å². The molecule has 0 saturated heterocycles. The Hall–Kier alpha value is -2.88. The summed E-state index contributed by atoms with van der Waals surface area (Å²) in [6, 6.07) is 7.27. The molecule has 1 amide bonds. The van der Waals surface area contributed by atoms with Crippen LogP contribution in [0.15, 0.2) is 24.3 Å². The first-order valence-corrected chi connectivity index (χ1v) is 6.07. The lowest BCUT2D eigenvalue weighted by Gasteiger charge is -2.15. The Morgan fingerprint density at radius 2 is 2.05 bits per heavy atom. The second-order valence-corrected chi connectivity index (χ2v) is 4.21. The van der Waals surface area contributed by atoms with E-state index in [4.69, 9.17) is 10.4 Å². The van der Waals surface area contributed by atoms with Gasteiger partial charge in [-0.1, -0.05) is 18.2 Å². The summed E-state index contributed by atoms with van der Waals surface area (Å²) in [6.07, 6.45) is -0.0368. The average molecular weight is 290 g/mol. The Morgan fingerprint density at radius 3 is 2.62 bits per heavy atom. The van der Waals surface area contributed by atoms with Gasteiger partial charge in [-0.3, -0.25) is 9.59 Å². The normalized spacial score (nSPS) is 11.0. The summed E-state index contributed by atoms with van der Waals surface area (Å²) in [7, 11) is 0. The second kappa shape index (κ2) is 7.65. The number of amides is 1. The van der Waals surface area contributed by atoms with Gasteiger partial charge in [-0.25, -0.2) is 4.79 Å². The number of carbonyl (C=O) groups excluding carboxylic acids is 2. The average Bonchev–Trinajstić information content (AvgIpc) is 2.44. The number of nitrogens with one attached hydrogen (secondary N) is 1. The number of hydrogen-bond acceptors (Lipinski definition) is 5. The molecule has 1 aromatic carbocycles. The van der Waals surface area contributed by atoms with E-state index >= 15 is 0 Å². The van der Waals surface area contributed by atoms with Gasteiger partial charge in [0.2, 0.25) is 0 Å². The van der Waals surface area contributed by atoms with Crippen molar-refractivity contribution in [2.45, 2.75) is 19.4 Å². The van der Waals surface area contributed by atoms with Crippen LogP contribution in [0, 0.1) is 11.3 Å². The van der Waals surface area contributed by atoms with E-state index in [1.165, 1.54) is 0 Å². The fourth-order valence-electron chi connectivity index (χ4n) is 1.63. The standard InChI is InChI=1S/C14H14N2O5/c1-9(17)21-8-13(18)16-12(14(19)20)6-10-4-2-3-5-11(10)7-15/h2-5,12H,6,8H2,1H3,(H,16,18)(H,19,20)/t12-/m0/s1. The molecule has 0 aromatic heterocycles. The largest absolute Gasteiger partial charge is 0.480 e. The van der Waals surface area contributed by atoms with E-state index in [1.54, 1.807) is 24.3 Å². The van der Waals surface area contributed by atoms with Gasteiger partial charge in [0, 0.05) is 13.3 Å². The number of hydrogen-bond donors (Lipinski definition) is 2. The van der Waals surface area contributed by atoms with Crippen molar-refractivity contribution in [3.63, 3.8) is 0 Å². The zero-order valence-electron chi connectivity index (χ0n) is 11.3. The van der Waals surface area contributed by atoms with E-state index in [2.05, 4.69) is 10.1 Å². The Morgan fingerprint density at radius 1 is 1.38 bits per heavy atom. The zero-order valence-corrected chi connectivity index (χ0v) is 11.3. The number of nitrogens with zero attached hydrogens (tertiary/aromatic N) is 1. The SMILES string of the molecule is CC(=O)OCC(=O)N[C@@H](Cc1ccccc1C#N)C(=O)O. The van der Waals surface area contributed by atoms with Crippen LogP contribution in [-0.2, 0) is 25.5 Å². The molecule has 7 nitrogen and oxygen atoms in total. The fraction of sp³-hybridized carbons (Fsp3) is 0.286. The van der Waals surface area contributed by atoms with E-state index in [0.29, 0.717) is 11.1 Å². The molecule has 2 N–H and O–H groups in total. The van der Waals surface area contributed by atoms with Crippen molar-refractivity contribution in [3.05, 3.63) is 35.4 Å². The maximum atomic E-state index is 11.5. The predicted molar refractivity (Wildman–Crippen MR) is 71.1 cm³/mol. The Labute approximate surface area is 121 Å². The molecule has 0 radical (unpaired) electrons. The topological polar surface area (TPSA) is 116 Å². The molecule has 0 fully saturated rings. The molecule has 0 aliphatic heterocycles. The lowest BCUT2D eigenvalue weighted by Crippen LogP contribution is -2.44. The van der Waals surface area contributed by atoms with Crippen LogP contribution in [0.25, 0.3) is 0 Å². The third-order valence-electron chi connectivity index (χ3n) is 2.60. The molecule has 0 spiro atoms. The Bertz CT molecular complexity index is 591. The van der Waals surface area contributed by atoms with Crippen LogP contribution in [0.3, 0.4) is 0 Å². The van der Waals surface area contributed by atoms with Gasteiger partial charge in [0.1, 0.15) is 6.04 Å². The van der Waals surface area contributed by atoms with Gasteiger partial charge in [0.05, 0.1) is 11.6 Å². The zero-order chi connectivity index (χ0) is 15.8. The number of ether oxygens (including phenoxy) is 1. The first-order valence-electron chi connectivity index (χ1n) is 6.07. The van der Waals surface area contributed by atoms with E-state index < -0.39 is 30.5 Å². The lowest BCUT2D eigenvalue weighted by atomic mass is 10.0. The molecule has 0 bridgehead atoms. The van der Waals surface area contributed by atoms with Crippen molar-refractivity contribution in [1.82, 2.24) is 5.32 Å². The minimum absolute atomic E-state index is 0.0368. The number of esters is 1. The van der Waals surface area contributed by atoms with Gasteiger partial charge in [0.15, 0.2) is 6.61 Å². The molecule has 1 atom stereocenters. The van der Waals surface area contributed by atoms with Crippen LogP contribution in [0.5, 0.6) is 0 Å². The summed E-state index contributed by atoms with van der Waals surface area (Å²) < 4.78 is 4.48. The molecule has 7 heteroatoms. The maximum absolute atomic E-state index is 11.5. The first-order chi connectivity index (χ1) is 9.93. The predicted octanol–water partition coefficient (Wildman–Crippen LogP) is 0.233. The van der Waals surface area contributed by atoms with Crippen LogP contribution in [0.2, 0.25) is 0 Å². The van der Waals surface area contributed by atoms with Crippen molar-refractivity contribution in [1.29, 1.82) is 5.26 Å². The highest BCUT2D eigenvalue weighted by molar-refractivity contribution is 5.85. The van der Waals surface area contributed by atoms with Crippen LogP contribution < -0.4 is 5.32 Å². The van der Waals surface area contributed by atoms with Gasteiger partial charge in [-0.2, -0.15) is 5.26 Å². The summed E-state index contributed by atoms with van der Waals surface area (Å²) >= 11 is 0. The summed E-state index contributed by atoms with van der Waals surface area (Å²) in [5.74, 6) is -2.59.